The third kappa shape index (κ3) is 11.4. The first-order chi connectivity index (χ1) is 8.35. The number of ether oxygens (including phenoxy) is 3. The van der Waals surface area contributed by atoms with E-state index in [0.29, 0.717) is 45.6 Å². The second-order valence-corrected chi connectivity index (χ2v) is 3.67. The van der Waals surface area contributed by atoms with Crippen LogP contribution in [-0.4, -0.2) is 39.6 Å². The van der Waals surface area contributed by atoms with Crippen LogP contribution in [0.1, 0.15) is 6.42 Å². The molecular weight excluding hydrogens is 216 g/mol. The van der Waals surface area contributed by atoms with Crippen molar-refractivity contribution in [2.24, 2.45) is 5.92 Å². The molecule has 0 aliphatic carbocycles. The molecule has 3 heteroatoms. The number of rotatable bonds is 13. The molecule has 0 bridgehead atoms. The Labute approximate surface area is 105 Å². The third-order valence-electron chi connectivity index (χ3n) is 2.08. The molecule has 0 heterocycles. The highest BCUT2D eigenvalue weighted by molar-refractivity contribution is 4.68. The lowest BCUT2D eigenvalue weighted by atomic mass is 10.1. The standard InChI is InChI=1S/C14H24O3/c1-4-8-15-11-7-14(12-16-9-5-2)13-17-10-6-3/h4-6,14H,1-3,7-13H2. The summed E-state index contributed by atoms with van der Waals surface area (Å²) < 4.78 is 16.2. The van der Waals surface area contributed by atoms with Gasteiger partial charge in [0, 0.05) is 12.5 Å². The molecule has 3 nitrogen and oxygen atoms in total. The van der Waals surface area contributed by atoms with Crippen molar-refractivity contribution in [3.05, 3.63) is 38.0 Å². The summed E-state index contributed by atoms with van der Waals surface area (Å²) in [4.78, 5) is 0. The average molecular weight is 240 g/mol. The van der Waals surface area contributed by atoms with E-state index in [0.717, 1.165) is 6.42 Å². The normalized spacial score (nSPS) is 10.4. The maximum Gasteiger partial charge on any atom is 0.0644 e. The Morgan fingerprint density at radius 1 is 0.765 bits per heavy atom. The lowest BCUT2D eigenvalue weighted by molar-refractivity contribution is 0.0390. The molecule has 98 valence electrons. The summed E-state index contributed by atoms with van der Waals surface area (Å²) >= 11 is 0. The molecule has 0 unspecified atom stereocenters. The van der Waals surface area contributed by atoms with Gasteiger partial charge in [-0.05, 0) is 6.42 Å². The Kier molecular flexibility index (Phi) is 12.5. The second-order valence-electron chi connectivity index (χ2n) is 3.67. The van der Waals surface area contributed by atoms with Crippen molar-refractivity contribution in [1.82, 2.24) is 0 Å². The maximum absolute atomic E-state index is 5.43. The van der Waals surface area contributed by atoms with Crippen molar-refractivity contribution >= 4 is 0 Å². The highest BCUT2D eigenvalue weighted by atomic mass is 16.5. The Morgan fingerprint density at radius 3 is 1.71 bits per heavy atom. The lowest BCUT2D eigenvalue weighted by Crippen LogP contribution is -2.18. The topological polar surface area (TPSA) is 27.7 Å². The molecule has 0 aliphatic heterocycles. The summed E-state index contributed by atoms with van der Waals surface area (Å²) in [6.07, 6.45) is 6.16. The summed E-state index contributed by atoms with van der Waals surface area (Å²) in [5.41, 5.74) is 0. The van der Waals surface area contributed by atoms with Crippen LogP contribution in [-0.2, 0) is 14.2 Å². The van der Waals surface area contributed by atoms with Crippen molar-refractivity contribution in [3.63, 3.8) is 0 Å². The molecule has 0 saturated carbocycles. The molecule has 0 aromatic carbocycles. The van der Waals surface area contributed by atoms with Crippen LogP contribution in [0, 0.1) is 5.92 Å². The van der Waals surface area contributed by atoms with Gasteiger partial charge in [-0.2, -0.15) is 0 Å². The molecule has 0 spiro atoms. The van der Waals surface area contributed by atoms with Gasteiger partial charge < -0.3 is 14.2 Å². The van der Waals surface area contributed by atoms with Crippen LogP contribution >= 0.6 is 0 Å². The van der Waals surface area contributed by atoms with Gasteiger partial charge in [-0.1, -0.05) is 18.2 Å². The lowest BCUT2D eigenvalue weighted by Gasteiger charge is -2.16. The molecule has 0 aliphatic rings. The van der Waals surface area contributed by atoms with E-state index in [-0.39, 0.29) is 0 Å². The van der Waals surface area contributed by atoms with Gasteiger partial charge in [0.25, 0.3) is 0 Å². The van der Waals surface area contributed by atoms with Gasteiger partial charge in [-0.3, -0.25) is 0 Å². The molecule has 0 aromatic rings. The van der Waals surface area contributed by atoms with Gasteiger partial charge in [0.15, 0.2) is 0 Å². The fourth-order valence-corrected chi connectivity index (χ4v) is 1.27. The van der Waals surface area contributed by atoms with E-state index < -0.39 is 0 Å². The van der Waals surface area contributed by atoms with Gasteiger partial charge >= 0.3 is 0 Å². The van der Waals surface area contributed by atoms with E-state index in [2.05, 4.69) is 19.7 Å². The van der Waals surface area contributed by atoms with Crippen molar-refractivity contribution < 1.29 is 14.2 Å². The smallest absolute Gasteiger partial charge is 0.0644 e. The van der Waals surface area contributed by atoms with Crippen LogP contribution in [0.5, 0.6) is 0 Å². The monoisotopic (exact) mass is 240 g/mol. The minimum absolute atomic E-state index is 0.347. The molecule has 0 radical (unpaired) electrons. The number of hydrogen-bond donors (Lipinski definition) is 0. The summed E-state index contributed by atoms with van der Waals surface area (Å²) in [7, 11) is 0. The fourth-order valence-electron chi connectivity index (χ4n) is 1.27. The summed E-state index contributed by atoms with van der Waals surface area (Å²) in [6, 6.07) is 0. The van der Waals surface area contributed by atoms with Crippen molar-refractivity contribution in [2.75, 3.05) is 39.6 Å². The van der Waals surface area contributed by atoms with Crippen molar-refractivity contribution in [1.29, 1.82) is 0 Å². The van der Waals surface area contributed by atoms with E-state index in [4.69, 9.17) is 14.2 Å². The Bertz CT molecular complexity index is 188. The largest absolute Gasteiger partial charge is 0.377 e. The molecule has 17 heavy (non-hydrogen) atoms. The van der Waals surface area contributed by atoms with Crippen molar-refractivity contribution in [2.45, 2.75) is 6.42 Å². The zero-order valence-electron chi connectivity index (χ0n) is 10.6. The molecule has 0 atom stereocenters. The highest BCUT2D eigenvalue weighted by Crippen LogP contribution is 2.05. The van der Waals surface area contributed by atoms with Gasteiger partial charge in [0.05, 0.1) is 33.0 Å². The molecule has 0 N–H and O–H groups in total. The van der Waals surface area contributed by atoms with Crippen LogP contribution in [0.15, 0.2) is 38.0 Å². The fraction of sp³-hybridized carbons (Fsp3) is 0.571. The molecule has 0 aromatic heterocycles. The highest BCUT2D eigenvalue weighted by Gasteiger charge is 2.08. The predicted molar refractivity (Wildman–Crippen MR) is 71.2 cm³/mol. The quantitative estimate of drug-likeness (QED) is 0.366. The zero-order chi connectivity index (χ0) is 12.8. The van der Waals surface area contributed by atoms with Crippen LogP contribution in [0.2, 0.25) is 0 Å². The van der Waals surface area contributed by atoms with Crippen LogP contribution < -0.4 is 0 Å². The Balaban J connectivity index is 3.70. The van der Waals surface area contributed by atoms with E-state index in [1.54, 1.807) is 18.2 Å². The Hall–Kier alpha value is -0.900. The van der Waals surface area contributed by atoms with E-state index in [9.17, 15) is 0 Å². The Morgan fingerprint density at radius 2 is 1.24 bits per heavy atom. The minimum atomic E-state index is 0.347. The van der Waals surface area contributed by atoms with Crippen molar-refractivity contribution in [3.8, 4) is 0 Å². The van der Waals surface area contributed by atoms with Gasteiger partial charge in [0.1, 0.15) is 0 Å². The van der Waals surface area contributed by atoms with Crippen LogP contribution in [0.4, 0.5) is 0 Å². The molecular formula is C14H24O3. The first-order valence-electron chi connectivity index (χ1n) is 5.91. The maximum atomic E-state index is 5.43. The molecule has 0 rings (SSSR count). The predicted octanol–water partition coefficient (Wildman–Crippen LogP) is 2.60. The van der Waals surface area contributed by atoms with Gasteiger partial charge in [-0.15, -0.1) is 19.7 Å². The molecule has 0 amide bonds. The second kappa shape index (κ2) is 13.2. The summed E-state index contributed by atoms with van der Waals surface area (Å²) in [5.74, 6) is 0.347. The summed E-state index contributed by atoms with van der Waals surface area (Å²) in [6.45, 7) is 14.6. The van der Waals surface area contributed by atoms with E-state index in [1.165, 1.54) is 0 Å². The van der Waals surface area contributed by atoms with Gasteiger partial charge in [-0.25, -0.2) is 0 Å². The number of hydrogen-bond acceptors (Lipinski definition) is 3. The zero-order valence-corrected chi connectivity index (χ0v) is 10.6. The molecule has 0 fully saturated rings. The van der Waals surface area contributed by atoms with Crippen LogP contribution in [0.25, 0.3) is 0 Å². The first kappa shape index (κ1) is 16.1. The summed E-state index contributed by atoms with van der Waals surface area (Å²) in [5, 5.41) is 0. The van der Waals surface area contributed by atoms with E-state index in [1.807, 2.05) is 0 Å². The van der Waals surface area contributed by atoms with Gasteiger partial charge in [0.2, 0.25) is 0 Å². The molecule has 0 saturated heterocycles. The minimum Gasteiger partial charge on any atom is -0.377 e. The average Bonchev–Trinajstić information content (AvgIpc) is 2.34. The first-order valence-corrected chi connectivity index (χ1v) is 5.91. The van der Waals surface area contributed by atoms with E-state index >= 15 is 0 Å². The third-order valence-corrected chi connectivity index (χ3v) is 2.08. The SMILES string of the molecule is C=CCOCCC(COCC=C)COCC=C. The van der Waals surface area contributed by atoms with Crippen LogP contribution in [0.3, 0.4) is 0 Å².